The Kier molecular flexibility index (Phi) is 2.69. The van der Waals surface area contributed by atoms with Crippen molar-refractivity contribution in [3.63, 3.8) is 0 Å². The predicted molar refractivity (Wildman–Crippen MR) is 54.4 cm³/mol. The van der Waals surface area contributed by atoms with E-state index >= 15 is 0 Å². The Morgan fingerprint density at radius 3 is 2.00 bits per heavy atom. The molecule has 0 radical (unpaired) electrons. The predicted octanol–water partition coefficient (Wildman–Crippen LogP) is 2.60. The number of nitrogens with zero attached hydrogens (tertiary/aromatic N) is 1. The molecule has 1 aromatic rings. The normalized spacial score (nSPS) is 9.67. The molecule has 0 bridgehead atoms. The van der Waals surface area contributed by atoms with E-state index in [1.54, 1.807) is 0 Å². The molecule has 0 N–H and O–H groups in total. The third-order valence-electron chi connectivity index (χ3n) is 0.907. The average Bonchev–Trinajstić information content (AvgIpc) is 1.59. The van der Waals surface area contributed by atoms with Crippen LogP contribution in [0, 0.1) is 14.3 Å². The van der Waals surface area contributed by atoms with Crippen molar-refractivity contribution in [3.05, 3.63) is 25.1 Å². The van der Waals surface area contributed by atoms with E-state index < -0.39 is 0 Å². The Hall–Kier alpha value is 0.610. The summed E-state index contributed by atoms with van der Waals surface area (Å²) in [5.74, 6) is 0. The van der Waals surface area contributed by atoms with Gasteiger partial charge in [0.1, 0.15) is 7.40 Å². The van der Waals surface area contributed by atoms with Crippen LogP contribution >= 0.6 is 45.2 Å². The summed E-state index contributed by atoms with van der Waals surface area (Å²) in [5.41, 5.74) is 1.28. The van der Waals surface area contributed by atoms with Crippen LogP contribution in [0.25, 0.3) is 0 Å². The van der Waals surface area contributed by atoms with E-state index in [0.717, 1.165) is 7.40 Å². The topological polar surface area (TPSA) is 12.9 Å². The Labute approximate surface area is 81.5 Å². The Morgan fingerprint density at radius 2 is 1.67 bits per heavy atom. The molecule has 0 fully saturated rings. The molecule has 1 rings (SSSR count). The van der Waals surface area contributed by atoms with E-state index in [1.165, 1.54) is 5.56 Å². The van der Waals surface area contributed by atoms with Gasteiger partial charge in [-0.25, -0.2) is 4.98 Å². The molecule has 0 aromatic carbocycles. The highest BCUT2D eigenvalue weighted by Gasteiger charge is 1.91. The first-order chi connectivity index (χ1) is 4.18. The van der Waals surface area contributed by atoms with E-state index in [9.17, 15) is 0 Å². The SMILES string of the molecule is Cc1cc(I)nc(I)c1. The number of hydrogen-bond acceptors (Lipinski definition) is 1. The molecule has 1 nitrogen and oxygen atoms in total. The molecule has 0 saturated carbocycles. The molecule has 0 saturated heterocycles. The van der Waals surface area contributed by atoms with Crippen LogP contribution in [0.15, 0.2) is 12.1 Å². The lowest BCUT2D eigenvalue weighted by molar-refractivity contribution is 1.19. The van der Waals surface area contributed by atoms with E-state index in [4.69, 9.17) is 0 Å². The van der Waals surface area contributed by atoms with Gasteiger partial charge >= 0.3 is 0 Å². The van der Waals surface area contributed by atoms with Gasteiger partial charge in [0.2, 0.25) is 0 Å². The smallest absolute Gasteiger partial charge is 0.102 e. The molecule has 48 valence electrons. The zero-order valence-electron chi connectivity index (χ0n) is 4.86. The van der Waals surface area contributed by atoms with Crippen molar-refractivity contribution in [3.8, 4) is 0 Å². The highest BCUT2D eigenvalue weighted by atomic mass is 127. The van der Waals surface area contributed by atoms with Crippen LogP contribution in [-0.2, 0) is 0 Å². The van der Waals surface area contributed by atoms with Crippen molar-refractivity contribution in [2.24, 2.45) is 0 Å². The number of pyridine rings is 1. The van der Waals surface area contributed by atoms with Crippen molar-refractivity contribution in [2.45, 2.75) is 6.92 Å². The Morgan fingerprint density at radius 1 is 1.22 bits per heavy atom. The molecule has 0 aliphatic rings. The second-order valence-corrected chi connectivity index (χ2v) is 4.00. The number of rotatable bonds is 0. The van der Waals surface area contributed by atoms with Crippen molar-refractivity contribution in [1.82, 2.24) is 4.98 Å². The minimum atomic E-state index is 1.07. The first-order valence-corrected chi connectivity index (χ1v) is 4.64. The lowest BCUT2D eigenvalue weighted by Gasteiger charge is -1.93. The largest absolute Gasteiger partial charge is 0.236 e. The van der Waals surface area contributed by atoms with Crippen molar-refractivity contribution < 1.29 is 0 Å². The van der Waals surface area contributed by atoms with Gasteiger partial charge in [-0.2, -0.15) is 0 Å². The molecule has 0 unspecified atom stereocenters. The number of hydrogen-bond donors (Lipinski definition) is 0. The van der Waals surface area contributed by atoms with Crippen molar-refractivity contribution in [2.75, 3.05) is 0 Å². The fourth-order valence-electron chi connectivity index (χ4n) is 0.584. The lowest BCUT2D eigenvalue weighted by atomic mass is 10.3. The molecule has 3 heteroatoms. The van der Waals surface area contributed by atoms with Crippen LogP contribution < -0.4 is 0 Å². The van der Waals surface area contributed by atoms with Crippen LogP contribution in [0.1, 0.15) is 5.56 Å². The Balaban J connectivity index is 3.17. The molecular weight excluding hydrogens is 340 g/mol. The molecule has 0 atom stereocenters. The van der Waals surface area contributed by atoms with Crippen molar-refractivity contribution >= 4 is 45.2 Å². The van der Waals surface area contributed by atoms with Gasteiger partial charge in [0, 0.05) is 0 Å². The van der Waals surface area contributed by atoms with Gasteiger partial charge in [0.15, 0.2) is 0 Å². The first kappa shape index (κ1) is 7.71. The maximum atomic E-state index is 4.21. The van der Waals surface area contributed by atoms with E-state index in [2.05, 4.69) is 69.2 Å². The minimum absolute atomic E-state index is 1.07. The fourth-order valence-corrected chi connectivity index (χ4v) is 2.55. The summed E-state index contributed by atoms with van der Waals surface area (Å²) in [6, 6.07) is 4.12. The zero-order chi connectivity index (χ0) is 6.85. The second-order valence-electron chi connectivity index (χ2n) is 1.79. The first-order valence-electron chi connectivity index (χ1n) is 2.48. The summed E-state index contributed by atoms with van der Waals surface area (Å²) >= 11 is 4.43. The van der Waals surface area contributed by atoms with Crippen LogP contribution in [0.2, 0.25) is 0 Å². The van der Waals surface area contributed by atoms with E-state index in [-0.39, 0.29) is 0 Å². The van der Waals surface area contributed by atoms with Gasteiger partial charge in [-0.1, -0.05) is 0 Å². The third-order valence-corrected chi connectivity index (χ3v) is 2.01. The lowest BCUT2D eigenvalue weighted by Crippen LogP contribution is -1.85. The fraction of sp³-hybridized carbons (Fsp3) is 0.167. The summed E-state index contributed by atoms with van der Waals surface area (Å²) in [7, 11) is 0. The number of aromatic nitrogens is 1. The second kappa shape index (κ2) is 3.14. The summed E-state index contributed by atoms with van der Waals surface area (Å²) < 4.78 is 2.13. The summed E-state index contributed by atoms with van der Waals surface area (Å²) in [6.07, 6.45) is 0. The maximum absolute atomic E-state index is 4.21. The van der Waals surface area contributed by atoms with Crippen LogP contribution in [0.4, 0.5) is 0 Å². The highest BCUT2D eigenvalue weighted by Crippen LogP contribution is 2.08. The number of halogens is 2. The zero-order valence-corrected chi connectivity index (χ0v) is 9.17. The van der Waals surface area contributed by atoms with Crippen molar-refractivity contribution in [1.29, 1.82) is 0 Å². The minimum Gasteiger partial charge on any atom is -0.236 e. The monoisotopic (exact) mass is 345 g/mol. The molecule has 0 amide bonds. The molecule has 1 heterocycles. The molecule has 1 aromatic heterocycles. The molecule has 0 aliphatic heterocycles. The van der Waals surface area contributed by atoms with Gasteiger partial charge in [-0.05, 0) is 69.8 Å². The van der Waals surface area contributed by atoms with Gasteiger partial charge in [0.05, 0.1) is 0 Å². The Bertz CT molecular complexity index is 172. The quantitative estimate of drug-likeness (QED) is 0.521. The van der Waals surface area contributed by atoms with E-state index in [0.29, 0.717) is 0 Å². The van der Waals surface area contributed by atoms with Gasteiger partial charge in [-0.15, -0.1) is 0 Å². The highest BCUT2D eigenvalue weighted by molar-refractivity contribution is 14.1. The van der Waals surface area contributed by atoms with Crippen LogP contribution in [0.5, 0.6) is 0 Å². The molecular formula is C6H5I2N. The van der Waals surface area contributed by atoms with Gasteiger partial charge < -0.3 is 0 Å². The molecule has 0 aliphatic carbocycles. The third kappa shape index (κ3) is 2.37. The van der Waals surface area contributed by atoms with Gasteiger partial charge in [-0.3, -0.25) is 0 Å². The van der Waals surface area contributed by atoms with Crippen LogP contribution in [0.3, 0.4) is 0 Å². The van der Waals surface area contributed by atoms with E-state index in [1.807, 2.05) is 0 Å². The van der Waals surface area contributed by atoms with Crippen LogP contribution in [-0.4, -0.2) is 4.98 Å². The molecule has 0 spiro atoms. The summed E-state index contributed by atoms with van der Waals surface area (Å²) in [5, 5.41) is 0. The maximum Gasteiger partial charge on any atom is 0.102 e. The number of aryl methyl sites for hydroxylation is 1. The average molecular weight is 345 g/mol. The summed E-state index contributed by atoms with van der Waals surface area (Å²) in [6.45, 7) is 2.08. The standard InChI is InChI=1S/C6H5I2N/c1-4-2-5(7)9-6(8)3-4/h2-3H,1H3. The summed E-state index contributed by atoms with van der Waals surface area (Å²) in [4.78, 5) is 4.21. The molecule has 9 heavy (non-hydrogen) atoms. The van der Waals surface area contributed by atoms with Gasteiger partial charge in [0.25, 0.3) is 0 Å².